The highest BCUT2D eigenvalue weighted by Gasteiger charge is 2.19. The average Bonchev–Trinajstić information content (AvgIpc) is 2.97. The number of nitrogens with one attached hydrogen (secondary N) is 3. The van der Waals surface area contributed by atoms with E-state index >= 15 is 0 Å². The molecule has 0 saturated carbocycles. The van der Waals surface area contributed by atoms with Gasteiger partial charge in [-0.1, -0.05) is 0 Å². The summed E-state index contributed by atoms with van der Waals surface area (Å²) >= 11 is 0. The SMILES string of the molecule is CCN/C=C(\C(=O)Nc1ccc(F)cc1)C(=O)Nc1ccc(N(C)c2ccnc3cc(OC)c(OC)cc23)cc1. The number of rotatable bonds is 10. The van der Waals surface area contributed by atoms with Crippen molar-refractivity contribution in [1.29, 1.82) is 0 Å². The zero-order valence-electron chi connectivity index (χ0n) is 22.6. The number of fused-ring (bicyclic) bond motifs is 1. The Balaban J connectivity index is 1.52. The lowest BCUT2D eigenvalue weighted by atomic mass is 10.1. The van der Waals surface area contributed by atoms with Gasteiger partial charge in [-0.25, -0.2) is 4.39 Å². The van der Waals surface area contributed by atoms with E-state index in [1.165, 1.54) is 30.5 Å². The van der Waals surface area contributed by atoms with Gasteiger partial charge in [0.2, 0.25) is 0 Å². The summed E-state index contributed by atoms with van der Waals surface area (Å²) in [6.07, 6.45) is 3.08. The Morgan fingerprint density at radius 2 is 1.48 bits per heavy atom. The van der Waals surface area contributed by atoms with Crippen LogP contribution >= 0.6 is 0 Å². The maximum absolute atomic E-state index is 13.2. The predicted molar refractivity (Wildman–Crippen MR) is 155 cm³/mol. The van der Waals surface area contributed by atoms with Gasteiger partial charge >= 0.3 is 0 Å². The van der Waals surface area contributed by atoms with Gasteiger partial charge in [0.1, 0.15) is 11.4 Å². The lowest BCUT2D eigenvalue weighted by Gasteiger charge is -2.22. The Morgan fingerprint density at radius 3 is 2.05 bits per heavy atom. The van der Waals surface area contributed by atoms with Crippen molar-refractivity contribution < 1.29 is 23.5 Å². The van der Waals surface area contributed by atoms with Crippen molar-refractivity contribution in [3.63, 3.8) is 0 Å². The summed E-state index contributed by atoms with van der Waals surface area (Å²) in [5.41, 5.74) is 3.26. The number of nitrogens with zero attached hydrogens (tertiary/aromatic N) is 2. The van der Waals surface area contributed by atoms with Crippen LogP contribution in [0.25, 0.3) is 10.9 Å². The van der Waals surface area contributed by atoms with Gasteiger partial charge in [-0.2, -0.15) is 0 Å². The molecule has 0 bridgehead atoms. The van der Waals surface area contributed by atoms with Crippen molar-refractivity contribution in [2.75, 3.05) is 43.3 Å². The summed E-state index contributed by atoms with van der Waals surface area (Å²) in [5.74, 6) is -0.455. The van der Waals surface area contributed by atoms with Gasteiger partial charge in [0.05, 0.1) is 25.4 Å². The number of benzene rings is 3. The molecule has 0 saturated heterocycles. The molecule has 0 radical (unpaired) electrons. The Hall–Kier alpha value is -5.12. The van der Waals surface area contributed by atoms with E-state index < -0.39 is 17.6 Å². The molecule has 206 valence electrons. The topological polar surface area (TPSA) is 105 Å². The van der Waals surface area contributed by atoms with Crippen molar-refractivity contribution in [3.05, 3.63) is 90.5 Å². The molecule has 0 aliphatic rings. The lowest BCUT2D eigenvalue weighted by molar-refractivity contribution is -0.118. The van der Waals surface area contributed by atoms with Gasteiger partial charge in [-0.3, -0.25) is 14.6 Å². The van der Waals surface area contributed by atoms with E-state index in [2.05, 4.69) is 20.9 Å². The highest BCUT2D eigenvalue weighted by atomic mass is 19.1. The Morgan fingerprint density at radius 1 is 0.900 bits per heavy atom. The zero-order valence-corrected chi connectivity index (χ0v) is 22.6. The number of carbonyl (C=O) groups excluding carboxylic acids is 2. The van der Waals surface area contributed by atoms with Gasteiger partial charge in [0.25, 0.3) is 11.8 Å². The highest BCUT2D eigenvalue weighted by Crippen LogP contribution is 2.37. The standard InChI is InChI=1S/C30H30FN5O4/c1-5-32-18-24(29(37)34-20-8-6-19(31)7-9-20)30(38)35-21-10-12-22(13-11-21)36(2)26-14-15-33-25-17-28(40-4)27(39-3)16-23(25)26/h6-18,32H,5H2,1-4H3,(H,34,37)(H,35,38)/b24-18+. The van der Waals surface area contributed by atoms with Crippen LogP contribution in [0.3, 0.4) is 0 Å². The number of anilines is 4. The molecule has 2 amide bonds. The molecular weight excluding hydrogens is 513 g/mol. The Kier molecular flexibility index (Phi) is 8.80. The maximum atomic E-state index is 13.2. The van der Waals surface area contributed by atoms with Gasteiger partial charge in [0, 0.05) is 54.5 Å². The van der Waals surface area contributed by atoms with Crippen LogP contribution in [0.15, 0.2) is 84.7 Å². The van der Waals surface area contributed by atoms with Crippen molar-refractivity contribution in [2.45, 2.75) is 6.92 Å². The molecule has 10 heteroatoms. The first kappa shape index (κ1) is 27.9. The minimum Gasteiger partial charge on any atom is -0.493 e. The summed E-state index contributed by atoms with van der Waals surface area (Å²) < 4.78 is 24.1. The fourth-order valence-corrected chi connectivity index (χ4v) is 4.03. The summed E-state index contributed by atoms with van der Waals surface area (Å²) in [6, 6.07) is 18.1. The normalized spacial score (nSPS) is 11.1. The fourth-order valence-electron chi connectivity index (χ4n) is 4.03. The highest BCUT2D eigenvalue weighted by molar-refractivity contribution is 6.26. The van der Waals surface area contributed by atoms with E-state index in [1.807, 2.05) is 49.2 Å². The third-order valence-electron chi connectivity index (χ3n) is 6.14. The van der Waals surface area contributed by atoms with Crippen LogP contribution in [0.2, 0.25) is 0 Å². The lowest BCUT2D eigenvalue weighted by Crippen LogP contribution is -2.27. The first-order valence-electron chi connectivity index (χ1n) is 12.5. The molecule has 0 fully saturated rings. The maximum Gasteiger partial charge on any atom is 0.262 e. The van der Waals surface area contributed by atoms with Crippen LogP contribution < -0.4 is 30.3 Å². The van der Waals surface area contributed by atoms with Crippen molar-refractivity contribution in [1.82, 2.24) is 10.3 Å². The van der Waals surface area contributed by atoms with Gasteiger partial charge in [0.15, 0.2) is 11.5 Å². The molecule has 3 N–H and O–H groups in total. The van der Waals surface area contributed by atoms with Gasteiger partial charge < -0.3 is 30.3 Å². The van der Waals surface area contributed by atoms with Crippen LogP contribution in [0.1, 0.15) is 6.92 Å². The van der Waals surface area contributed by atoms with Crippen molar-refractivity contribution in [3.8, 4) is 11.5 Å². The molecule has 0 atom stereocenters. The first-order chi connectivity index (χ1) is 19.3. The van der Waals surface area contributed by atoms with Crippen LogP contribution in [-0.4, -0.2) is 44.6 Å². The number of ether oxygens (including phenoxy) is 2. The second-order valence-electron chi connectivity index (χ2n) is 8.69. The number of aromatic nitrogens is 1. The molecule has 40 heavy (non-hydrogen) atoms. The Labute approximate surface area is 231 Å². The molecule has 3 aromatic carbocycles. The number of pyridine rings is 1. The van der Waals surface area contributed by atoms with E-state index in [9.17, 15) is 14.0 Å². The molecule has 4 rings (SSSR count). The van der Waals surface area contributed by atoms with Crippen molar-refractivity contribution in [2.24, 2.45) is 0 Å². The van der Waals surface area contributed by atoms with Crippen molar-refractivity contribution >= 4 is 45.5 Å². The van der Waals surface area contributed by atoms with Gasteiger partial charge in [-0.05, 0) is 67.6 Å². The van der Waals surface area contributed by atoms with E-state index in [0.717, 1.165) is 22.3 Å². The average molecular weight is 544 g/mol. The van der Waals surface area contributed by atoms with E-state index in [0.29, 0.717) is 29.4 Å². The van der Waals surface area contributed by atoms with E-state index in [4.69, 9.17) is 9.47 Å². The summed E-state index contributed by atoms with van der Waals surface area (Å²) in [7, 11) is 5.09. The third kappa shape index (κ3) is 6.29. The largest absolute Gasteiger partial charge is 0.493 e. The summed E-state index contributed by atoms with van der Waals surface area (Å²) in [5, 5.41) is 9.15. The minimum absolute atomic E-state index is 0.125. The number of carbonyl (C=O) groups is 2. The molecule has 0 spiro atoms. The number of hydrogen-bond donors (Lipinski definition) is 3. The second-order valence-corrected chi connectivity index (χ2v) is 8.69. The first-order valence-corrected chi connectivity index (χ1v) is 12.5. The molecular formula is C30H30FN5O4. The van der Waals surface area contributed by atoms with E-state index in [1.54, 1.807) is 32.5 Å². The third-order valence-corrected chi connectivity index (χ3v) is 6.14. The number of methoxy groups -OCH3 is 2. The fraction of sp³-hybridized carbons (Fsp3) is 0.167. The van der Waals surface area contributed by atoms with Crippen LogP contribution in [0, 0.1) is 5.82 Å². The summed E-state index contributed by atoms with van der Waals surface area (Å²) in [4.78, 5) is 32.3. The monoisotopic (exact) mass is 543 g/mol. The Bertz CT molecular complexity index is 1540. The molecule has 1 aromatic heterocycles. The molecule has 4 aromatic rings. The number of hydrogen-bond acceptors (Lipinski definition) is 7. The molecule has 9 nitrogen and oxygen atoms in total. The molecule has 0 aliphatic carbocycles. The van der Waals surface area contributed by atoms with Gasteiger partial charge in [-0.15, -0.1) is 0 Å². The van der Waals surface area contributed by atoms with Crippen LogP contribution in [0.5, 0.6) is 11.5 Å². The zero-order chi connectivity index (χ0) is 28.6. The number of amides is 2. The second kappa shape index (κ2) is 12.6. The minimum atomic E-state index is -0.627. The van der Waals surface area contributed by atoms with Crippen LogP contribution in [-0.2, 0) is 9.59 Å². The molecule has 0 aliphatic heterocycles. The predicted octanol–water partition coefficient (Wildman–Crippen LogP) is 5.23. The number of halogens is 1. The van der Waals surface area contributed by atoms with Crippen LogP contribution in [0.4, 0.5) is 27.1 Å². The quantitative estimate of drug-likeness (QED) is 0.143. The molecule has 1 heterocycles. The summed E-state index contributed by atoms with van der Waals surface area (Å²) in [6.45, 7) is 2.36. The molecule has 0 unspecified atom stereocenters. The van der Waals surface area contributed by atoms with E-state index in [-0.39, 0.29) is 5.57 Å². The smallest absolute Gasteiger partial charge is 0.262 e.